The molecule has 0 radical (unpaired) electrons. The molecule has 1 saturated carbocycles. The fraction of sp³-hybridized carbons (Fsp3) is 0.714. The second-order valence-electron chi connectivity index (χ2n) is 6.21. The van der Waals surface area contributed by atoms with E-state index in [0.29, 0.717) is 44.1 Å². The second kappa shape index (κ2) is 5.12. The SMILES string of the molecule is Nc1ccnc(CN2CCC(C(F)(F)F)C3(CCC3)C2)n1. The molecular weight excluding hydrogens is 281 g/mol. The molecule has 1 unspecified atom stereocenters. The van der Waals surface area contributed by atoms with Gasteiger partial charge in [0, 0.05) is 12.7 Å². The second-order valence-corrected chi connectivity index (χ2v) is 6.21. The van der Waals surface area contributed by atoms with E-state index in [0.717, 1.165) is 6.42 Å². The zero-order valence-electron chi connectivity index (χ0n) is 11.7. The lowest BCUT2D eigenvalue weighted by Crippen LogP contribution is -2.56. The van der Waals surface area contributed by atoms with E-state index in [1.165, 1.54) is 0 Å². The zero-order chi connectivity index (χ0) is 15.1. The maximum atomic E-state index is 13.2. The number of anilines is 1. The van der Waals surface area contributed by atoms with E-state index < -0.39 is 17.5 Å². The fourth-order valence-corrected chi connectivity index (χ4v) is 3.73. The lowest BCUT2D eigenvalue weighted by Gasteiger charge is -2.54. The maximum Gasteiger partial charge on any atom is 0.392 e. The highest BCUT2D eigenvalue weighted by atomic mass is 19.4. The van der Waals surface area contributed by atoms with Crippen LogP contribution in [-0.2, 0) is 6.54 Å². The molecule has 0 bridgehead atoms. The Hall–Kier alpha value is -1.37. The zero-order valence-corrected chi connectivity index (χ0v) is 11.7. The molecule has 116 valence electrons. The van der Waals surface area contributed by atoms with Gasteiger partial charge in [-0.3, -0.25) is 4.90 Å². The molecule has 1 atom stereocenters. The monoisotopic (exact) mass is 300 g/mol. The summed E-state index contributed by atoms with van der Waals surface area (Å²) in [7, 11) is 0. The first-order valence-corrected chi connectivity index (χ1v) is 7.26. The van der Waals surface area contributed by atoms with Crippen LogP contribution >= 0.6 is 0 Å². The third-order valence-corrected chi connectivity index (χ3v) is 4.85. The van der Waals surface area contributed by atoms with Gasteiger partial charge < -0.3 is 5.73 Å². The summed E-state index contributed by atoms with van der Waals surface area (Å²) in [6.45, 7) is 1.39. The smallest absolute Gasteiger partial charge is 0.384 e. The van der Waals surface area contributed by atoms with E-state index in [1.54, 1.807) is 12.3 Å². The summed E-state index contributed by atoms with van der Waals surface area (Å²) < 4.78 is 39.6. The fourth-order valence-electron chi connectivity index (χ4n) is 3.73. The van der Waals surface area contributed by atoms with Crippen molar-refractivity contribution < 1.29 is 13.2 Å². The summed E-state index contributed by atoms with van der Waals surface area (Å²) in [6, 6.07) is 1.60. The molecule has 2 fully saturated rings. The number of piperidine rings is 1. The van der Waals surface area contributed by atoms with Crippen molar-refractivity contribution in [2.24, 2.45) is 11.3 Å². The highest BCUT2D eigenvalue weighted by molar-refractivity contribution is 5.25. The standard InChI is InChI=1S/C14H19F3N4/c15-14(16,17)10-3-7-21(9-13(10)4-1-5-13)8-12-19-6-2-11(18)20-12/h2,6,10H,1,3-5,7-9H2,(H2,18,19,20). The van der Waals surface area contributed by atoms with Gasteiger partial charge in [-0.25, -0.2) is 9.97 Å². The average Bonchev–Trinajstić information content (AvgIpc) is 2.35. The minimum Gasteiger partial charge on any atom is -0.384 e. The number of hydrogen-bond acceptors (Lipinski definition) is 4. The number of nitrogens with two attached hydrogens (primary N) is 1. The molecule has 1 aromatic heterocycles. The van der Waals surface area contributed by atoms with Gasteiger partial charge in [-0.1, -0.05) is 6.42 Å². The van der Waals surface area contributed by atoms with E-state index in [2.05, 4.69) is 9.97 Å². The summed E-state index contributed by atoms with van der Waals surface area (Å²) in [6.07, 6.45) is -0.0859. The number of nitrogen functional groups attached to an aromatic ring is 1. The molecule has 1 aliphatic carbocycles. The van der Waals surface area contributed by atoms with Gasteiger partial charge in [0.15, 0.2) is 0 Å². The summed E-state index contributed by atoms with van der Waals surface area (Å²) in [5.74, 6) is -0.185. The van der Waals surface area contributed by atoms with Crippen molar-refractivity contribution in [1.82, 2.24) is 14.9 Å². The van der Waals surface area contributed by atoms with Gasteiger partial charge in [0.2, 0.25) is 0 Å². The Labute approximate surface area is 121 Å². The van der Waals surface area contributed by atoms with Gasteiger partial charge >= 0.3 is 6.18 Å². The molecule has 4 nitrogen and oxygen atoms in total. The number of hydrogen-bond donors (Lipinski definition) is 1. The van der Waals surface area contributed by atoms with Gasteiger partial charge in [-0.2, -0.15) is 13.2 Å². The molecule has 21 heavy (non-hydrogen) atoms. The van der Waals surface area contributed by atoms with Crippen LogP contribution in [0, 0.1) is 11.3 Å². The Balaban J connectivity index is 1.71. The molecule has 2 heterocycles. The number of nitrogens with zero attached hydrogens (tertiary/aromatic N) is 3. The van der Waals surface area contributed by atoms with Crippen LogP contribution < -0.4 is 5.73 Å². The summed E-state index contributed by atoms with van der Waals surface area (Å²) >= 11 is 0. The minimum absolute atomic E-state index is 0.172. The van der Waals surface area contributed by atoms with Crippen LogP contribution in [0.4, 0.5) is 19.0 Å². The number of alkyl halides is 3. The Kier molecular flexibility index (Phi) is 3.55. The highest BCUT2D eigenvalue weighted by Gasteiger charge is 2.57. The largest absolute Gasteiger partial charge is 0.392 e. The van der Waals surface area contributed by atoms with E-state index in [1.807, 2.05) is 4.90 Å². The number of halogens is 3. The molecule has 1 spiro atoms. The van der Waals surface area contributed by atoms with E-state index in [-0.39, 0.29) is 6.42 Å². The first-order valence-electron chi connectivity index (χ1n) is 7.26. The predicted molar refractivity (Wildman–Crippen MR) is 72.2 cm³/mol. The van der Waals surface area contributed by atoms with Crippen molar-refractivity contribution >= 4 is 5.82 Å². The first-order chi connectivity index (χ1) is 9.89. The average molecular weight is 300 g/mol. The van der Waals surface area contributed by atoms with E-state index >= 15 is 0 Å². The van der Waals surface area contributed by atoms with Crippen molar-refractivity contribution in [2.45, 2.75) is 38.4 Å². The molecule has 7 heteroatoms. The summed E-state index contributed by atoms with van der Waals surface area (Å²) in [4.78, 5) is 10.3. The van der Waals surface area contributed by atoms with E-state index in [4.69, 9.17) is 5.73 Å². The van der Waals surface area contributed by atoms with Crippen LogP contribution in [0.5, 0.6) is 0 Å². The van der Waals surface area contributed by atoms with Gasteiger partial charge in [0.25, 0.3) is 0 Å². The van der Waals surface area contributed by atoms with Crippen molar-refractivity contribution in [2.75, 3.05) is 18.8 Å². The lowest BCUT2D eigenvalue weighted by molar-refractivity contribution is -0.238. The van der Waals surface area contributed by atoms with Crippen molar-refractivity contribution in [3.8, 4) is 0 Å². The quantitative estimate of drug-likeness (QED) is 0.912. The molecule has 1 aliphatic heterocycles. The third-order valence-electron chi connectivity index (χ3n) is 4.85. The molecule has 1 aromatic rings. The first kappa shape index (κ1) is 14.6. The van der Waals surface area contributed by atoms with Crippen LogP contribution in [-0.4, -0.2) is 34.1 Å². The van der Waals surface area contributed by atoms with Crippen LogP contribution in [0.3, 0.4) is 0 Å². The Morgan fingerprint density at radius 3 is 2.71 bits per heavy atom. The van der Waals surface area contributed by atoms with Gasteiger partial charge in [0.05, 0.1) is 12.5 Å². The summed E-state index contributed by atoms with van der Waals surface area (Å²) in [5.41, 5.74) is 5.03. The van der Waals surface area contributed by atoms with Gasteiger partial charge in [-0.05, 0) is 37.3 Å². The number of aromatic nitrogens is 2. The molecule has 0 amide bonds. The molecule has 2 aliphatic rings. The minimum atomic E-state index is -4.08. The third kappa shape index (κ3) is 2.84. The van der Waals surface area contributed by atoms with Gasteiger partial charge in [-0.15, -0.1) is 0 Å². The van der Waals surface area contributed by atoms with Gasteiger partial charge in [0.1, 0.15) is 11.6 Å². The number of likely N-dealkylation sites (tertiary alicyclic amines) is 1. The van der Waals surface area contributed by atoms with Crippen LogP contribution in [0.25, 0.3) is 0 Å². The lowest BCUT2D eigenvalue weighted by atomic mass is 9.58. The van der Waals surface area contributed by atoms with Crippen LogP contribution in [0.2, 0.25) is 0 Å². The van der Waals surface area contributed by atoms with Crippen LogP contribution in [0.15, 0.2) is 12.3 Å². The molecule has 1 saturated heterocycles. The Morgan fingerprint density at radius 2 is 2.14 bits per heavy atom. The summed E-state index contributed by atoms with van der Waals surface area (Å²) in [5, 5.41) is 0. The molecular formula is C14H19F3N4. The highest BCUT2D eigenvalue weighted by Crippen LogP contribution is 2.56. The van der Waals surface area contributed by atoms with Crippen LogP contribution in [0.1, 0.15) is 31.5 Å². The molecule has 3 rings (SSSR count). The normalized spacial score (nSPS) is 25.8. The van der Waals surface area contributed by atoms with Crippen molar-refractivity contribution in [3.05, 3.63) is 18.1 Å². The predicted octanol–water partition coefficient (Wildman–Crippen LogP) is 2.61. The maximum absolute atomic E-state index is 13.2. The Morgan fingerprint density at radius 1 is 1.38 bits per heavy atom. The van der Waals surface area contributed by atoms with Crippen molar-refractivity contribution in [3.63, 3.8) is 0 Å². The topological polar surface area (TPSA) is 55.0 Å². The molecule has 0 aromatic carbocycles. The Bertz CT molecular complexity index is 513. The number of rotatable bonds is 2. The molecule has 2 N–H and O–H groups in total. The van der Waals surface area contributed by atoms with Crippen molar-refractivity contribution in [1.29, 1.82) is 0 Å². The van der Waals surface area contributed by atoms with E-state index in [9.17, 15) is 13.2 Å².